The van der Waals surface area contributed by atoms with Gasteiger partial charge in [-0.25, -0.2) is 4.79 Å². The molecule has 0 radical (unpaired) electrons. The average Bonchev–Trinajstić information content (AvgIpc) is 3.71. The Balaban J connectivity index is 1.33. The monoisotopic (exact) mass is 466 g/mol. The molecule has 2 heterocycles. The van der Waals surface area contributed by atoms with E-state index in [-0.39, 0.29) is 18.5 Å². The molecule has 1 saturated carbocycles. The molecular formula is C25H34N6O3. The Hall–Kier alpha value is -3.36. The van der Waals surface area contributed by atoms with Crippen molar-refractivity contribution < 1.29 is 14.3 Å². The first-order chi connectivity index (χ1) is 16.6. The molecule has 4 rings (SSSR count). The van der Waals surface area contributed by atoms with Gasteiger partial charge in [0.2, 0.25) is 5.91 Å². The van der Waals surface area contributed by atoms with Crippen LogP contribution in [0.1, 0.15) is 26.2 Å². The predicted octanol–water partition coefficient (Wildman–Crippen LogP) is 2.63. The Kier molecular flexibility index (Phi) is 7.82. The van der Waals surface area contributed by atoms with Gasteiger partial charge in [-0.1, -0.05) is 0 Å². The van der Waals surface area contributed by atoms with Crippen molar-refractivity contribution in [2.24, 2.45) is 5.92 Å². The third-order valence-corrected chi connectivity index (χ3v) is 6.33. The molecule has 1 aromatic heterocycles. The van der Waals surface area contributed by atoms with Gasteiger partial charge in [-0.2, -0.15) is 0 Å². The predicted molar refractivity (Wildman–Crippen MR) is 131 cm³/mol. The van der Waals surface area contributed by atoms with E-state index in [9.17, 15) is 9.59 Å². The van der Waals surface area contributed by atoms with Gasteiger partial charge in [0.05, 0.1) is 12.8 Å². The maximum absolute atomic E-state index is 13.0. The molecule has 1 saturated heterocycles. The number of ether oxygens (including phenoxy) is 1. The highest BCUT2D eigenvalue weighted by atomic mass is 16.5. The minimum atomic E-state index is -0.147. The molecule has 1 aliphatic heterocycles. The molecule has 34 heavy (non-hydrogen) atoms. The van der Waals surface area contributed by atoms with E-state index in [1.165, 1.54) is 0 Å². The van der Waals surface area contributed by atoms with Crippen molar-refractivity contribution in [2.45, 2.75) is 26.2 Å². The lowest BCUT2D eigenvalue weighted by Crippen LogP contribution is -2.48. The zero-order chi connectivity index (χ0) is 23.9. The van der Waals surface area contributed by atoms with E-state index >= 15 is 0 Å². The Bertz CT molecular complexity index is 962. The second-order valence-electron chi connectivity index (χ2n) is 8.89. The molecule has 1 aliphatic carbocycles. The summed E-state index contributed by atoms with van der Waals surface area (Å²) in [6.45, 7) is 6.03. The van der Waals surface area contributed by atoms with Gasteiger partial charge in [-0.3, -0.25) is 4.79 Å². The third-order valence-electron chi connectivity index (χ3n) is 6.33. The van der Waals surface area contributed by atoms with Crippen LogP contribution in [-0.2, 0) is 4.79 Å². The van der Waals surface area contributed by atoms with Gasteiger partial charge < -0.3 is 24.8 Å². The quantitative estimate of drug-likeness (QED) is 0.643. The molecule has 182 valence electrons. The highest BCUT2D eigenvalue weighted by Gasteiger charge is 2.29. The summed E-state index contributed by atoms with van der Waals surface area (Å²) in [4.78, 5) is 31.1. The van der Waals surface area contributed by atoms with Crippen LogP contribution in [0.5, 0.6) is 5.75 Å². The summed E-state index contributed by atoms with van der Waals surface area (Å²) >= 11 is 0. The average molecular weight is 467 g/mol. The van der Waals surface area contributed by atoms with Crippen LogP contribution in [0.2, 0.25) is 0 Å². The molecule has 0 atom stereocenters. The molecular weight excluding hydrogens is 432 g/mol. The van der Waals surface area contributed by atoms with Crippen LogP contribution in [0.3, 0.4) is 0 Å². The summed E-state index contributed by atoms with van der Waals surface area (Å²) in [5, 5.41) is 11.7. The van der Waals surface area contributed by atoms with E-state index in [1.807, 2.05) is 48.2 Å². The van der Waals surface area contributed by atoms with Crippen molar-refractivity contribution in [1.29, 1.82) is 0 Å². The second kappa shape index (κ2) is 11.2. The summed E-state index contributed by atoms with van der Waals surface area (Å²) < 4.78 is 5.21. The van der Waals surface area contributed by atoms with Crippen molar-refractivity contribution in [2.75, 3.05) is 57.8 Å². The van der Waals surface area contributed by atoms with E-state index in [0.29, 0.717) is 38.6 Å². The number of amides is 3. The smallest absolute Gasteiger partial charge is 0.317 e. The number of rotatable bonds is 8. The summed E-state index contributed by atoms with van der Waals surface area (Å²) in [5.41, 5.74) is 1.79. The molecule has 1 N–H and O–H groups in total. The zero-order valence-corrected chi connectivity index (χ0v) is 20.1. The van der Waals surface area contributed by atoms with Gasteiger partial charge in [-0.15, -0.1) is 10.2 Å². The van der Waals surface area contributed by atoms with Gasteiger partial charge in [-0.05, 0) is 68.5 Å². The lowest BCUT2D eigenvalue weighted by Gasteiger charge is -2.27. The summed E-state index contributed by atoms with van der Waals surface area (Å²) in [6.07, 6.45) is 3.12. The Morgan fingerprint density at radius 2 is 1.85 bits per heavy atom. The van der Waals surface area contributed by atoms with Crippen LogP contribution in [-0.4, -0.2) is 84.9 Å². The minimum Gasteiger partial charge on any atom is -0.497 e. The van der Waals surface area contributed by atoms with Gasteiger partial charge >= 0.3 is 6.03 Å². The molecule has 2 fully saturated rings. The SMILES string of the molecule is CCNC(=O)N(CC(=O)N1CCCN(c2ccc(-c3ccc(OC)cc3)nn2)CC1)CC1CC1. The third kappa shape index (κ3) is 6.15. The van der Waals surface area contributed by atoms with Gasteiger partial charge in [0.1, 0.15) is 12.3 Å². The lowest BCUT2D eigenvalue weighted by atomic mass is 10.1. The highest BCUT2D eigenvalue weighted by molar-refractivity contribution is 5.84. The highest BCUT2D eigenvalue weighted by Crippen LogP contribution is 2.29. The number of hydrogen-bond acceptors (Lipinski definition) is 6. The number of benzene rings is 1. The molecule has 0 bridgehead atoms. The van der Waals surface area contributed by atoms with E-state index in [4.69, 9.17) is 4.74 Å². The van der Waals surface area contributed by atoms with E-state index in [2.05, 4.69) is 20.4 Å². The van der Waals surface area contributed by atoms with Crippen LogP contribution in [0.15, 0.2) is 36.4 Å². The van der Waals surface area contributed by atoms with Gasteiger partial charge in [0.15, 0.2) is 5.82 Å². The maximum atomic E-state index is 13.0. The zero-order valence-electron chi connectivity index (χ0n) is 20.1. The number of aromatic nitrogens is 2. The lowest BCUT2D eigenvalue weighted by molar-refractivity contribution is -0.131. The Labute approximate surface area is 201 Å². The van der Waals surface area contributed by atoms with Crippen molar-refractivity contribution in [3.63, 3.8) is 0 Å². The second-order valence-corrected chi connectivity index (χ2v) is 8.89. The fourth-order valence-electron chi connectivity index (χ4n) is 4.16. The van der Waals surface area contributed by atoms with Crippen LogP contribution >= 0.6 is 0 Å². The van der Waals surface area contributed by atoms with Crippen LogP contribution in [0, 0.1) is 5.92 Å². The molecule has 9 heteroatoms. The van der Waals surface area contributed by atoms with Crippen LogP contribution < -0.4 is 15.0 Å². The number of carbonyl (C=O) groups excluding carboxylic acids is 2. The summed E-state index contributed by atoms with van der Waals surface area (Å²) in [5.74, 6) is 2.16. The maximum Gasteiger partial charge on any atom is 0.317 e. The first-order valence-electron chi connectivity index (χ1n) is 12.1. The molecule has 0 spiro atoms. The van der Waals surface area contributed by atoms with Gasteiger partial charge in [0.25, 0.3) is 0 Å². The van der Waals surface area contributed by atoms with Crippen LogP contribution in [0.4, 0.5) is 10.6 Å². The topological polar surface area (TPSA) is 90.9 Å². The fraction of sp³-hybridized carbons (Fsp3) is 0.520. The normalized spacial score (nSPS) is 16.1. The number of hydrogen-bond donors (Lipinski definition) is 1. The van der Waals surface area contributed by atoms with Gasteiger partial charge in [0, 0.05) is 44.8 Å². The van der Waals surface area contributed by atoms with Crippen molar-refractivity contribution in [1.82, 2.24) is 25.3 Å². The standard InChI is InChI=1S/C25H34N6O3/c1-3-26-25(33)31(17-19-5-6-19)18-24(32)30-14-4-13-29(15-16-30)23-12-11-22(27-28-23)20-7-9-21(34-2)10-8-20/h7-12,19H,3-6,13-18H2,1-2H3,(H,26,33). The number of nitrogens with zero attached hydrogens (tertiary/aromatic N) is 5. The molecule has 3 amide bonds. The van der Waals surface area contributed by atoms with Crippen molar-refractivity contribution >= 4 is 17.8 Å². The van der Waals surface area contributed by atoms with E-state index < -0.39 is 0 Å². The molecule has 9 nitrogen and oxygen atoms in total. The number of carbonyl (C=O) groups is 2. The summed E-state index contributed by atoms with van der Waals surface area (Å²) in [6, 6.07) is 11.5. The first-order valence-corrected chi connectivity index (χ1v) is 12.1. The van der Waals surface area contributed by atoms with Crippen molar-refractivity contribution in [3.8, 4) is 17.0 Å². The summed E-state index contributed by atoms with van der Waals surface area (Å²) in [7, 11) is 1.65. The number of nitrogens with one attached hydrogen (secondary N) is 1. The molecule has 2 aromatic rings. The largest absolute Gasteiger partial charge is 0.497 e. The minimum absolute atomic E-state index is 0.00897. The first kappa shape index (κ1) is 23.8. The Morgan fingerprint density at radius 1 is 1.06 bits per heavy atom. The molecule has 1 aromatic carbocycles. The number of methoxy groups -OCH3 is 1. The Morgan fingerprint density at radius 3 is 2.50 bits per heavy atom. The molecule has 0 unspecified atom stereocenters. The number of anilines is 1. The fourth-order valence-corrected chi connectivity index (χ4v) is 4.16. The van der Waals surface area contributed by atoms with Crippen molar-refractivity contribution in [3.05, 3.63) is 36.4 Å². The van der Waals surface area contributed by atoms with E-state index in [0.717, 1.165) is 48.6 Å². The molecule has 2 aliphatic rings. The number of urea groups is 1. The van der Waals surface area contributed by atoms with Crippen LogP contribution in [0.25, 0.3) is 11.3 Å². The van der Waals surface area contributed by atoms with E-state index in [1.54, 1.807) is 12.0 Å².